The Morgan fingerprint density at radius 2 is 2.23 bits per heavy atom. The van der Waals surface area contributed by atoms with Crippen LogP contribution in [-0.4, -0.2) is 18.1 Å². The molecule has 2 rings (SSSR count). The zero-order valence-electron chi connectivity index (χ0n) is 7.68. The topological polar surface area (TPSA) is 64.1 Å². The van der Waals surface area contributed by atoms with E-state index in [1.165, 1.54) is 12.8 Å². The Balaban J connectivity index is 2.07. The molecule has 72 valence electrons. The Hall–Kier alpha value is -1.03. The van der Waals surface area contributed by atoms with Crippen molar-refractivity contribution in [2.24, 2.45) is 5.73 Å². The molecule has 3 N–H and O–H groups in total. The lowest BCUT2D eigenvalue weighted by molar-refractivity contribution is 0.486. The van der Waals surface area contributed by atoms with Crippen molar-refractivity contribution in [3.63, 3.8) is 0 Å². The normalized spacial score (nSPS) is 15.5. The van der Waals surface area contributed by atoms with Crippen LogP contribution in [0.5, 0.6) is 0 Å². The lowest BCUT2D eigenvalue weighted by atomic mass is 10.0. The molecular formula is C9H15N3O. The van der Waals surface area contributed by atoms with Gasteiger partial charge in [0.2, 0.25) is 0 Å². The summed E-state index contributed by atoms with van der Waals surface area (Å²) in [5, 5.41) is 3.05. The average molecular weight is 181 g/mol. The molecule has 1 aromatic rings. The van der Waals surface area contributed by atoms with Crippen LogP contribution < -0.4 is 11.1 Å². The number of aromatic nitrogens is 1. The summed E-state index contributed by atoms with van der Waals surface area (Å²) in [7, 11) is 0. The van der Waals surface area contributed by atoms with E-state index in [2.05, 4.69) is 10.3 Å². The number of nitrogens with one attached hydrogen (secondary N) is 1. The van der Waals surface area contributed by atoms with Crippen LogP contribution in [-0.2, 0) is 12.8 Å². The predicted octanol–water partition coefficient (Wildman–Crippen LogP) is 0.924. The second-order valence-electron chi connectivity index (χ2n) is 3.31. The highest BCUT2D eigenvalue weighted by Gasteiger charge is 2.16. The maximum atomic E-state index is 5.53. The third-order valence-electron chi connectivity index (χ3n) is 2.27. The molecule has 13 heavy (non-hydrogen) atoms. The number of fused-ring (bicyclic) bond motifs is 1. The van der Waals surface area contributed by atoms with E-state index in [1.807, 2.05) is 0 Å². The molecule has 0 unspecified atom stereocenters. The minimum Gasteiger partial charge on any atom is -0.428 e. The molecule has 0 aromatic carbocycles. The first-order valence-corrected chi connectivity index (χ1v) is 4.82. The van der Waals surface area contributed by atoms with E-state index in [9.17, 15) is 0 Å². The Morgan fingerprint density at radius 1 is 1.38 bits per heavy atom. The lowest BCUT2D eigenvalue weighted by Gasteiger charge is -2.05. The van der Waals surface area contributed by atoms with Crippen LogP contribution >= 0.6 is 0 Å². The van der Waals surface area contributed by atoms with Gasteiger partial charge in [0.05, 0.1) is 5.69 Å². The smallest absolute Gasteiger partial charge is 0.295 e. The van der Waals surface area contributed by atoms with Gasteiger partial charge in [0.25, 0.3) is 6.01 Å². The number of rotatable bonds is 3. The molecule has 1 heterocycles. The number of aryl methyl sites for hydroxylation is 2. The zero-order chi connectivity index (χ0) is 9.10. The van der Waals surface area contributed by atoms with E-state index in [0.717, 1.165) is 30.8 Å². The molecule has 0 saturated heterocycles. The molecule has 1 aliphatic carbocycles. The number of hydrogen-bond acceptors (Lipinski definition) is 4. The highest BCUT2D eigenvalue weighted by atomic mass is 16.4. The van der Waals surface area contributed by atoms with Crippen LogP contribution in [0, 0.1) is 0 Å². The molecule has 0 bridgehead atoms. The summed E-state index contributed by atoms with van der Waals surface area (Å²) in [6, 6.07) is 0.636. The van der Waals surface area contributed by atoms with Crippen molar-refractivity contribution in [3.05, 3.63) is 11.5 Å². The highest BCUT2D eigenvalue weighted by Crippen LogP contribution is 2.23. The summed E-state index contributed by atoms with van der Waals surface area (Å²) < 4.78 is 5.53. The molecular weight excluding hydrogens is 166 g/mol. The van der Waals surface area contributed by atoms with E-state index < -0.39 is 0 Å². The fourth-order valence-electron chi connectivity index (χ4n) is 1.61. The molecule has 4 heteroatoms. The number of oxazole rings is 1. The van der Waals surface area contributed by atoms with Crippen LogP contribution in [0.15, 0.2) is 4.42 Å². The molecule has 0 aliphatic heterocycles. The van der Waals surface area contributed by atoms with Gasteiger partial charge in [0.1, 0.15) is 5.76 Å². The lowest BCUT2D eigenvalue weighted by Crippen LogP contribution is -2.13. The van der Waals surface area contributed by atoms with Crippen molar-refractivity contribution < 1.29 is 4.42 Å². The predicted molar refractivity (Wildman–Crippen MR) is 50.7 cm³/mol. The number of nitrogens with zero attached hydrogens (tertiary/aromatic N) is 1. The molecule has 1 aliphatic rings. The van der Waals surface area contributed by atoms with Gasteiger partial charge in [-0.1, -0.05) is 0 Å². The van der Waals surface area contributed by atoms with Crippen LogP contribution in [0.4, 0.5) is 6.01 Å². The van der Waals surface area contributed by atoms with Gasteiger partial charge in [-0.3, -0.25) is 0 Å². The minimum absolute atomic E-state index is 0.604. The maximum absolute atomic E-state index is 5.53. The van der Waals surface area contributed by atoms with E-state index in [1.54, 1.807) is 0 Å². The quantitative estimate of drug-likeness (QED) is 0.728. The molecule has 0 radical (unpaired) electrons. The average Bonchev–Trinajstić information content (AvgIpc) is 2.57. The van der Waals surface area contributed by atoms with Gasteiger partial charge in [0, 0.05) is 19.5 Å². The fraction of sp³-hybridized carbons (Fsp3) is 0.667. The first-order chi connectivity index (χ1) is 6.40. The first-order valence-electron chi connectivity index (χ1n) is 4.82. The van der Waals surface area contributed by atoms with Crippen molar-refractivity contribution in [1.29, 1.82) is 0 Å². The van der Waals surface area contributed by atoms with Crippen molar-refractivity contribution >= 4 is 6.01 Å². The summed E-state index contributed by atoms with van der Waals surface area (Å²) in [6.07, 6.45) is 4.55. The van der Waals surface area contributed by atoms with Crippen molar-refractivity contribution in [3.8, 4) is 0 Å². The summed E-state index contributed by atoms with van der Waals surface area (Å²) >= 11 is 0. The Kier molecular flexibility index (Phi) is 2.49. The SMILES string of the molecule is NCCNc1nc2c(o1)CCCC2. The molecule has 0 atom stereocenters. The van der Waals surface area contributed by atoms with E-state index in [4.69, 9.17) is 10.2 Å². The molecule has 0 spiro atoms. The summed E-state index contributed by atoms with van der Waals surface area (Å²) in [6.45, 7) is 1.33. The van der Waals surface area contributed by atoms with Gasteiger partial charge >= 0.3 is 0 Å². The largest absolute Gasteiger partial charge is 0.428 e. The Morgan fingerprint density at radius 3 is 3.00 bits per heavy atom. The summed E-state index contributed by atoms with van der Waals surface area (Å²) in [5.74, 6) is 1.06. The second kappa shape index (κ2) is 3.79. The van der Waals surface area contributed by atoms with Crippen LogP contribution in [0.1, 0.15) is 24.3 Å². The van der Waals surface area contributed by atoms with Gasteiger partial charge in [-0.15, -0.1) is 0 Å². The highest BCUT2D eigenvalue weighted by molar-refractivity contribution is 5.26. The van der Waals surface area contributed by atoms with Crippen molar-refractivity contribution in [2.45, 2.75) is 25.7 Å². The monoisotopic (exact) mass is 181 g/mol. The summed E-state index contributed by atoms with van der Waals surface area (Å²) in [5.41, 5.74) is 6.50. The zero-order valence-corrected chi connectivity index (χ0v) is 7.68. The third kappa shape index (κ3) is 1.83. The number of nitrogens with two attached hydrogens (primary N) is 1. The van der Waals surface area contributed by atoms with Gasteiger partial charge in [0.15, 0.2) is 0 Å². The van der Waals surface area contributed by atoms with Gasteiger partial charge < -0.3 is 15.5 Å². The summed E-state index contributed by atoms with van der Waals surface area (Å²) in [4.78, 5) is 4.35. The van der Waals surface area contributed by atoms with E-state index >= 15 is 0 Å². The molecule has 4 nitrogen and oxygen atoms in total. The van der Waals surface area contributed by atoms with Crippen molar-refractivity contribution in [1.82, 2.24) is 4.98 Å². The maximum Gasteiger partial charge on any atom is 0.295 e. The van der Waals surface area contributed by atoms with Gasteiger partial charge in [-0.05, 0) is 19.3 Å². The van der Waals surface area contributed by atoms with Gasteiger partial charge in [-0.25, -0.2) is 0 Å². The van der Waals surface area contributed by atoms with Crippen LogP contribution in [0.25, 0.3) is 0 Å². The van der Waals surface area contributed by atoms with E-state index in [-0.39, 0.29) is 0 Å². The first kappa shape index (κ1) is 8.56. The standard InChI is InChI=1S/C9H15N3O/c10-5-6-11-9-12-7-3-1-2-4-8(7)13-9/h1-6,10H2,(H,11,12). The Labute approximate surface area is 77.5 Å². The molecule has 0 amide bonds. The number of hydrogen-bond donors (Lipinski definition) is 2. The Bertz CT molecular complexity index is 259. The van der Waals surface area contributed by atoms with Crippen LogP contribution in [0.2, 0.25) is 0 Å². The van der Waals surface area contributed by atoms with E-state index in [0.29, 0.717) is 12.6 Å². The third-order valence-corrected chi connectivity index (χ3v) is 2.27. The number of anilines is 1. The van der Waals surface area contributed by atoms with Gasteiger partial charge in [-0.2, -0.15) is 4.98 Å². The molecule has 0 fully saturated rings. The minimum atomic E-state index is 0.604. The van der Waals surface area contributed by atoms with Crippen LogP contribution in [0.3, 0.4) is 0 Å². The molecule has 0 saturated carbocycles. The fourth-order valence-corrected chi connectivity index (χ4v) is 1.61. The van der Waals surface area contributed by atoms with Crippen molar-refractivity contribution in [2.75, 3.05) is 18.4 Å². The molecule has 1 aromatic heterocycles. The second-order valence-corrected chi connectivity index (χ2v) is 3.31.